The number of halogens is 2. The minimum Gasteiger partial charge on any atom is -0.445 e. The van der Waals surface area contributed by atoms with E-state index < -0.39 is 12.7 Å². The summed E-state index contributed by atoms with van der Waals surface area (Å²) >= 11 is 0. The van der Waals surface area contributed by atoms with Crippen molar-refractivity contribution in [2.75, 3.05) is 20.2 Å². The van der Waals surface area contributed by atoms with Crippen LogP contribution in [-0.4, -0.2) is 37.8 Å². The molecule has 0 aromatic heterocycles. The molecule has 1 aromatic carbocycles. The Hall–Kier alpha value is -1.69. The Morgan fingerprint density at radius 1 is 1.33 bits per heavy atom. The summed E-state index contributed by atoms with van der Waals surface area (Å²) in [5.41, 5.74) is 0.864. The Balaban J connectivity index is 2.23. The number of alkyl halides is 2. The highest BCUT2D eigenvalue weighted by Crippen LogP contribution is 2.02. The molecule has 18 heavy (non-hydrogen) atoms. The highest BCUT2D eigenvalue weighted by molar-refractivity contribution is 5.67. The van der Waals surface area contributed by atoms with Crippen LogP contribution in [0.15, 0.2) is 30.3 Å². The maximum absolute atomic E-state index is 11.7. The van der Waals surface area contributed by atoms with E-state index in [2.05, 4.69) is 4.74 Å². The molecule has 0 aliphatic carbocycles. The third kappa shape index (κ3) is 5.58. The first-order valence-corrected chi connectivity index (χ1v) is 5.41. The first kappa shape index (κ1) is 14.4. The van der Waals surface area contributed by atoms with Crippen molar-refractivity contribution in [2.24, 2.45) is 0 Å². The lowest BCUT2D eigenvalue weighted by Gasteiger charge is -2.16. The largest absolute Gasteiger partial charge is 0.445 e. The second-order valence-electron chi connectivity index (χ2n) is 3.59. The third-order valence-corrected chi connectivity index (χ3v) is 2.19. The number of hydrogen-bond acceptors (Lipinski definition) is 3. The van der Waals surface area contributed by atoms with Gasteiger partial charge in [0.15, 0.2) is 0 Å². The predicted molar refractivity (Wildman–Crippen MR) is 61.2 cm³/mol. The van der Waals surface area contributed by atoms with Gasteiger partial charge in [0.1, 0.15) is 6.61 Å². The van der Waals surface area contributed by atoms with Crippen molar-refractivity contribution in [3.63, 3.8) is 0 Å². The number of amides is 1. The molecule has 0 aliphatic heterocycles. The van der Waals surface area contributed by atoms with E-state index in [1.54, 1.807) is 0 Å². The van der Waals surface area contributed by atoms with Crippen LogP contribution in [0.4, 0.5) is 13.6 Å². The SMILES string of the molecule is CN(CCOC(F)F)C(=O)OCc1ccccc1. The Labute approximate surface area is 104 Å². The van der Waals surface area contributed by atoms with Crippen LogP contribution in [0.3, 0.4) is 0 Å². The van der Waals surface area contributed by atoms with Gasteiger partial charge in [-0.1, -0.05) is 30.3 Å². The zero-order chi connectivity index (χ0) is 13.4. The van der Waals surface area contributed by atoms with Gasteiger partial charge in [-0.05, 0) is 5.56 Å². The van der Waals surface area contributed by atoms with Crippen molar-refractivity contribution in [2.45, 2.75) is 13.2 Å². The van der Waals surface area contributed by atoms with Crippen molar-refractivity contribution in [1.82, 2.24) is 4.90 Å². The van der Waals surface area contributed by atoms with E-state index in [1.807, 2.05) is 30.3 Å². The van der Waals surface area contributed by atoms with Gasteiger partial charge in [-0.2, -0.15) is 8.78 Å². The summed E-state index contributed by atoms with van der Waals surface area (Å²) in [5.74, 6) is 0. The monoisotopic (exact) mass is 259 g/mol. The van der Waals surface area contributed by atoms with E-state index in [-0.39, 0.29) is 19.8 Å². The zero-order valence-corrected chi connectivity index (χ0v) is 10.0. The van der Waals surface area contributed by atoms with Gasteiger partial charge in [-0.15, -0.1) is 0 Å². The molecule has 0 N–H and O–H groups in total. The van der Waals surface area contributed by atoms with Gasteiger partial charge in [0.05, 0.1) is 6.61 Å². The number of carbonyl (C=O) groups is 1. The summed E-state index contributed by atoms with van der Waals surface area (Å²) in [6.07, 6.45) is -0.572. The summed E-state index contributed by atoms with van der Waals surface area (Å²) < 4.78 is 32.4. The molecular weight excluding hydrogens is 244 g/mol. The van der Waals surface area contributed by atoms with Gasteiger partial charge in [-0.3, -0.25) is 0 Å². The fraction of sp³-hybridized carbons (Fsp3) is 0.417. The van der Waals surface area contributed by atoms with Crippen LogP contribution in [0, 0.1) is 0 Å². The summed E-state index contributed by atoms with van der Waals surface area (Å²) in [5, 5.41) is 0. The molecule has 1 rings (SSSR count). The normalized spacial score (nSPS) is 10.4. The van der Waals surface area contributed by atoms with Crippen LogP contribution in [0.5, 0.6) is 0 Å². The predicted octanol–water partition coefficient (Wildman–Crippen LogP) is 2.49. The van der Waals surface area contributed by atoms with Gasteiger partial charge in [-0.25, -0.2) is 4.79 Å². The van der Waals surface area contributed by atoms with E-state index in [9.17, 15) is 13.6 Å². The minimum absolute atomic E-state index is 0.0535. The summed E-state index contributed by atoms with van der Waals surface area (Å²) in [6, 6.07) is 9.19. The number of carbonyl (C=O) groups excluding carboxylic acids is 1. The fourth-order valence-corrected chi connectivity index (χ4v) is 1.20. The van der Waals surface area contributed by atoms with Crippen molar-refractivity contribution in [1.29, 1.82) is 0 Å². The maximum atomic E-state index is 11.7. The molecule has 0 atom stereocenters. The number of rotatable bonds is 6. The fourth-order valence-electron chi connectivity index (χ4n) is 1.20. The molecule has 0 radical (unpaired) electrons. The summed E-state index contributed by atoms with van der Waals surface area (Å²) in [7, 11) is 1.46. The molecule has 0 aliphatic rings. The van der Waals surface area contributed by atoms with Gasteiger partial charge in [0.2, 0.25) is 0 Å². The lowest BCUT2D eigenvalue weighted by molar-refractivity contribution is -0.130. The Morgan fingerprint density at radius 2 is 2.00 bits per heavy atom. The standard InChI is InChI=1S/C12H15F2NO3/c1-15(7-8-17-11(13)14)12(16)18-9-10-5-3-2-4-6-10/h2-6,11H,7-9H2,1H3. The Kier molecular flexibility index (Phi) is 6.07. The van der Waals surface area contributed by atoms with E-state index in [0.717, 1.165) is 5.56 Å². The molecule has 100 valence electrons. The first-order valence-electron chi connectivity index (χ1n) is 5.41. The molecule has 0 saturated heterocycles. The average molecular weight is 259 g/mol. The number of benzene rings is 1. The van der Waals surface area contributed by atoms with Crippen molar-refractivity contribution >= 4 is 6.09 Å². The molecule has 1 aromatic rings. The van der Waals surface area contributed by atoms with Crippen LogP contribution < -0.4 is 0 Å². The van der Waals surface area contributed by atoms with Crippen LogP contribution in [-0.2, 0) is 16.1 Å². The van der Waals surface area contributed by atoms with Crippen molar-refractivity contribution in [3.8, 4) is 0 Å². The lowest BCUT2D eigenvalue weighted by Crippen LogP contribution is -2.31. The second kappa shape index (κ2) is 7.60. The molecule has 4 nitrogen and oxygen atoms in total. The highest BCUT2D eigenvalue weighted by atomic mass is 19.3. The number of ether oxygens (including phenoxy) is 2. The Bertz CT molecular complexity index is 360. The molecule has 0 heterocycles. The quantitative estimate of drug-likeness (QED) is 0.787. The molecule has 0 fully saturated rings. The van der Waals surface area contributed by atoms with E-state index in [0.29, 0.717) is 0 Å². The number of hydrogen-bond donors (Lipinski definition) is 0. The first-order chi connectivity index (χ1) is 8.59. The topological polar surface area (TPSA) is 38.8 Å². The molecule has 6 heteroatoms. The van der Waals surface area contributed by atoms with Gasteiger partial charge in [0.25, 0.3) is 0 Å². The van der Waals surface area contributed by atoms with Gasteiger partial charge in [0, 0.05) is 13.6 Å². The van der Waals surface area contributed by atoms with E-state index >= 15 is 0 Å². The van der Waals surface area contributed by atoms with E-state index in [1.165, 1.54) is 11.9 Å². The molecule has 0 saturated carbocycles. The average Bonchev–Trinajstić information content (AvgIpc) is 2.36. The van der Waals surface area contributed by atoms with Crippen molar-refractivity contribution < 1.29 is 23.0 Å². The molecule has 0 bridgehead atoms. The molecular formula is C12H15F2NO3. The van der Waals surface area contributed by atoms with Gasteiger partial charge >= 0.3 is 12.7 Å². The zero-order valence-electron chi connectivity index (χ0n) is 10.0. The van der Waals surface area contributed by atoms with Crippen LogP contribution in [0.2, 0.25) is 0 Å². The minimum atomic E-state index is -2.82. The van der Waals surface area contributed by atoms with Gasteiger partial charge < -0.3 is 14.4 Å². The Morgan fingerprint density at radius 3 is 2.61 bits per heavy atom. The van der Waals surface area contributed by atoms with Crippen LogP contribution in [0.1, 0.15) is 5.56 Å². The smallest absolute Gasteiger partial charge is 0.409 e. The number of nitrogens with zero attached hydrogens (tertiary/aromatic N) is 1. The van der Waals surface area contributed by atoms with Crippen molar-refractivity contribution in [3.05, 3.63) is 35.9 Å². The molecule has 0 unspecified atom stereocenters. The maximum Gasteiger partial charge on any atom is 0.409 e. The number of likely N-dealkylation sites (N-methyl/N-ethyl adjacent to an activating group) is 1. The third-order valence-electron chi connectivity index (χ3n) is 2.19. The molecule has 0 spiro atoms. The highest BCUT2D eigenvalue weighted by Gasteiger charge is 2.11. The van der Waals surface area contributed by atoms with E-state index in [4.69, 9.17) is 4.74 Å². The summed E-state index contributed by atoms with van der Waals surface area (Å²) in [6.45, 7) is -2.84. The molecule has 1 amide bonds. The van der Waals surface area contributed by atoms with Crippen LogP contribution >= 0.6 is 0 Å². The summed E-state index contributed by atoms with van der Waals surface area (Å²) in [4.78, 5) is 12.6. The van der Waals surface area contributed by atoms with Crippen LogP contribution in [0.25, 0.3) is 0 Å². The second-order valence-corrected chi connectivity index (χ2v) is 3.59. The lowest BCUT2D eigenvalue weighted by atomic mass is 10.2.